The summed E-state index contributed by atoms with van der Waals surface area (Å²) in [6, 6.07) is 9.97. The number of rotatable bonds is 10. The van der Waals surface area contributed by atoms with Crippen molar-refractivity contribution in [2.75, 3.05) is 11.3 Å². The Kier molecular flexibility index (Phi) is 7.61. The molecule has 0 aliphatic heterocycles. The second kappa shape index (κ2) is 9.88. The predicted octanol–water partition coefficient (Wildman–Crippen LogP) is 5.09. The van der Waals surface area contributed by atoms with Crippen LogP contribution in [0.4, 0.5) is 5.88 Å². The van der Waals surface area contributed by atoms with Crippen molar-refractivity contribution < 1.29 is 22.8 Å². The van der Waals surface area contributed by atoms with Gasteiger partial charge in [-0.1, -0.05) is 55.1 Å². The molecule has 0 saturated carbocycles. The maximum Gasteiger partial charge on any atom is 0.265 e. The lowest BCUT2D eigenvalue weighted by atomic mass is 10.1. The second-order valence-electron chi connectivity index (χ2n) is 8.96. The van der Waals surface area contributed by atoms with Crippen LogP contribution in [0.2, 0.25) is 25.7 Å². The molecule has 0 spiro atoms. The molecule has 0 aliphatic rings. The first-order chi connectivity index (χ1) is 15.0. The number of aliphatic hydroxyl groups excluding tert-OH is 1. The van der Waals surface area contributed by atoms with Crippen molar-refractivity contribution in [3.05, 3.63) is 63.0 Å². The Hall–Kier alpha value is -1.98. The van der Waals surface area contributed by atoms with E-state index in [0.29, 0.717) is 33.9 Å². The largest absolute Gasteiger partial charge is 0.383 e. The third kappa shape index (κ3) is 5.87. The van der Waals surface area contributed by atoms with E-state index in [1.165, 1.54) is 11.3 Å². The van der Waals surface area contributed by atoms with Gasteiger partial charge in [-0.3, -0.25) is 0 Å². The van der Waals surface area contributed by atoms with Gasteiger partial charge in [-0.25, -0.2) is 13.1 Å². The zero-order chi connectivity index (χ0) is 23.5. The van der Waals surface area contributed by atoms with Crippen LogP contribution in [0, 0.1) is 13.8 Å². The molecule has 2 heterocycles. The molecule has 10 heteroatoms. The maximum atomic E-state index is 13.4. The normalized spacial score (nSPS) is 13.3. The van der Waals surface area contributed by atoms with E-state index in [-0.39, 0.29) is 17.4 Å². The van der Waals surface area contributed by atoms with Crippen molar-refractivity contribution in [2.45, 2.75) is 57.1 Å². The molecule has 32 heavy (non-hydrogen) atoms. The first-order valence-electron chi connectivity index (χ1n) is 10.4. The number of aromatic nitrogens is 1. The number of aryl methyl sites for hydroxylation is 1. The SMILES string of the molecule is Cc1noc(NS(=O)(=O)c2c(COCC[Si](C)(C)C)csc2C(O)c2ccccc2)c1C. The Labute approximate surface area is 194 Å². The van der Waals surface area contributed by atoms with Gasteiger partial charge >= 0.3 is 0 Å². The fourth-order valence-electron chi connectivity index (χ4n) is 3.02. The first kappa shape index (κ1) is 24.7. The molecule has 0 aliphatic carbocycles. The standard InChI is InChI=1S/C22H30N2O5S2Si/c1-15-16(2)23-29-22(15)24-31(26,27)21-18(13-28-11-12-32(3,4)5)14-30-20(21)19(25)17-9-7-6-8-10-17/h6-10,14,19,24-25H,11-13H2,1-5H3. The first-order valence-corrected chi connectivity index (χ1v) is 16.4. The van der Waals surface area contributed by atoms with Gasteiger partial charge in [0, 0.05) is 25.8 Å². The molecule has 2 aromatic heterocycles. The number of hydrogen-bond donors (Lipinski definition) is 2. The van der Waals surface area contributed by atoms with Gasteiger partial charge < -0.3 is 14.4 Å². The van der Waals surface area contributed by atoms with E-state index in [9.17, 15) is 13.5 Å². The number of hydrogen-bond acceptors (Lipinski definition) is 7. The Bertz CT molecular complexity index is 1150. The van der Waals surface area contributed by atoms with Crippen LogP contribution in [0.15, 0.2) is 45.1 Å². The number of sulfonamides is 1. The lowest BCUT2D eigenvalue weighted by Gasteiger charge is -2.16. The summed E-state index contributed by atoms with van der Waals surface area (Å²) in [5, 5.41) is 16.6. The van der Waals surface area contributed by atoms with Crippen molar-refractivity contribution in [1.82, 2.24) is 5.16 Å². The van der Waals surface area contributed by atoms with Crippen molar-refractivity contribution in [2.24, 2.45) is 0 Å². The second-order valence-corrected chi connectivity index (χ2v) is 17.1. The fraction of sp³-hybridized carbons (Fsp3) is 0.409. The molecule has 1 aromatic carbocycles. The highest BCUT2D eigenvalue weighted by molar-refractivity contribution is 7.93. The highest BCUT2D eigenvalue weighted by Gasteiger charge is 2.31. The summed E-state index contributed by atoms with van der Waals surface area (Å²) >= 11 is 1.20. The summed E-state index contributed by atoms with van der Waals surface area (Å²) in [5.74, 6) is 0.0689. The minimum absolute atomic E-state index is 0.0281. The average molecular weight is 495 g/mol. The lowest BCUT2D eigenvalue weighted by molar-refractivity contribution is 0.131. The van der Waals surface area contributed by atoms with Gasteiger partial charge in [0.15, 0.2) is 0 Å². The molecule has 0 amide bonds. The molecule has 7 nitrogen and oxygen atoms in total. The summed E-state index contributed by atoms with van der Waals surface area (Å²) in [5.41, 5.74) is 2.34. The zero-order valence-corrected chi connectivity index (χ0v) is 21.6. The number of benzene rings is 1. The predicted molar refractivity (Wildman–Crippen MR) is 129 cm³/mol. The number of aliphatic hydroxyl groups is 1. The number of thiophene rings is 1. The minimum Gasteiger partial charge on any atom is -0.383 e. The fourth-order valence-corrected chi connectivity index (χ4v) is 6.66. The zero-order valence-electron chi connectivity index (χ0n) is 19.0. The van der Waals surface area contributed by atoms with E-state index in [1.807, 2.05) is 6.07 Å². The number of nitrogens with zero attached hydrogens (tertiary/aromatic N) is 1. The molecule has 0 saturated heterocycles. The molecule has 1 unspecified atom stereocenters. The van der Waals surface area contributed by atoms with Crippen molar-refractivity contribution >= 4 is 35.3 Å². The maximum absolute atomic E-state index is 13.4. The highest BCUT2D eigenvalue weighted by atomic mass is 32.2. The molecular formula is C22H30N2O5S2Si. The van der Waals surface area contributed by atoms with Gasteiger partial charge in [-0.15, -0.1) is 11.3 Å². The van der Waals surface area contributed by atoms with Crippen LogP contribution >= 0.6 is 11.3 Å². The van der Waals surface area contributed by atoms with E-state index in [0.717, 1.165) is 6.04 Å². The Morgan fingerprint density at radius 1 is 1.22 bits per heavy atom. The Morgan fingerprint density at radius 3 is 2.50 bits per heavy atom. The van der Waals surface area contributed by atoms with Crippen molar-refractivity contribution in [1.29, 1.82) is 0 Å². The topological polar surface area (TPSA) is 102 Å². The molecule has 174 valence electrons. The van der Waals surface area contributed by atoms with Crippen LogP contribution in [0.3, 0.4) is 0 Å². The molecule has 3 rings (SSSR count). The highest BCUT2D eigenvalue weighted by Crippen LogP contribution is 2.37. The average Bonchev–Trinajstić information content (AvgIpc) is 3.30. The summed E-state index contributed by atoms with van der Waals surface area (Å²) in [6.07, 6.45) is -1.08. The van der Waals surface area contributed by atoms with E-state index in [4.69, 9.17) is 9.26 Å². The van der Waals surface area contributed by atoms with Gasteiger partial charge in [-0.05, 0) is 30.8 Å². The molecular weight excluding hydrogens is 464 g/mol. The molecule has 3 aromatic rings. The molecule has 1 atom stereocenters. The van der Waals surface area contributed by atoms with Gasteiger partial charge in [0.1, 0.15) is 11.0 Å². The number of anilines is 1. The van der Waals surface area contributed by atoms with E-state index in [1.54, 1.807) is 43.5 Å². The van der Waals surface area contributed by atoms with Gasteiger partial charge in [0.2, 0.25) is 5.88 Å². The number of ether oxygens (including phenoxy) is 1. The van der Waals surface area contributed by atoms with Gasteiger partial charge in [-0.2, -0.15) is 0 Å². The third-order valence-electron chi connectivity index (χ3n) is 5.11. The van der Waals surface area contributed by atoms with Crippen LogP contribution in [0.25, 0.3) is 0 Å². The monoisotopic (exact) mass is 494 g/mol. The molecule has 0 radical (unpaired) electrons. The van der Waals surface area contributed by atoms with Crippen molar-refractivity contribution in [3.63, 3.8) is 0 Å². The smallest absolute Gasteiger partial charge is 0.265 e. The van der Waals surface area contributed by atoms with E-state index < -0.39 is 24.2 Å². The summed E-state index contributed by atoms with van der Waals surface area (Å²) in [7, 11) is -5.33. The van der Waals surface area contributed by atoms with Crippen LogP contribution in [0.1, 0.15) is 33.4 Å². The van der Waals surface area contributed by atoms with Gasteiger partial charge in [0.05, 0.1) is 17.2 Å². The third-order valence-corrected chi connectivity index (χ3v) is 9.50. The Morgan fingerprint density at radius 2 is 1.91 bits per heavy atom. The summed E-state index contributed by atoms with van der Waals surface area (Å²) in [6.45, 7) is 11.0. The Balaban J connectivity index is 1.95. The molecule has 0 bridgehead atoms. The minimum atomic E-state index is -4.06. The quantitative estimate of drug-likeness (QED) is 0.301. The van der Waals surface area contributed by atoms with E-state index >= 15 is 0 Å². The molecule has 2 N–H and O–H groups in total. The van der Waals surface area contributed by atoms with Crippen LogP contribution in [-0.2, 0) is 21.4 Å². The lowest BCUT2D eigenvalue weighted by Crippen LogP contribution is -2.22. The van der Waals surface area contributed by atoms with Crippen LogP contribution in [-0.4, -0.2) is 33.4 Å². The van der Waals surface area contributed by atoms with Gasteiger partial charge in [0.25, 0.3) is 10.0 Å². The summed E-state index contributed by atoms with van der Waals surface area (Å²) in [4.78, 5) is 0.363. The van der Waals surface area contributed by atoms with Crippen LogP contribution < -0.4 is 4.72 Å². The molecule has 0 fully saturated rings. The van der Waals surface area contributed by atoms with Crippen molar-refractivity contribution in [3.8, 4) is 0 Å². The number of nitrogens with one attached hydrogen (secondary N) is 1. The van der Waals surface area contributed by atoms with E-state index in [2.05, 4.69) is 29.5 Å². The van der Waals surface area contributed by atoms with Crippen LogP contribution in [0.5, 0.6) is 0 Å². The summed E-state index contributed by atoms with van der Waals surface area (Å²) < 4.78 is 40.4.